The zero-order valence-electron chi connectivity index (χ0n) is 11.9. The van der Waals surface area contributed by atoms with E-state index in [9.17, 15) is 9.90 Å². The minimum atomic E-state index is -0.972. The van der Waals surface area contributed by atoms with Crippen LogP contribution in [0.3, 0.4) is 0 Å². The second-order valence-electron chi connectivity index (χ2n) is 4.72. The van der Waals surface area contributed by atoms with Gasteiger partial charge in [-0.15, -0.1) is 16.4 Å². The summed E-state index contributed by atoms with van der Waals surface area (Å²) in [7, 11) is 1.84. The van der Waals surface area contributed by atoms with E-state index in [4.69, 9.17) is 0 Å². The largest absolute Gasteiger partial charge is 0.478 e. The summed E-state index contributed by atoms with van der Waals surface area (Å²) >= 11 is 1.64. The number of carboxylic acid groups (broad SMARTS) is 1. The molecule has 6 heteroatoms. The van der Waals surface area contributed by atoms with E-state index in [-0.39, 0.29) is 11.6 Å². The lowest BCUT2D eigenvalue weighted by Crippen LogP contribution is -2.25. The van der Waals surface area contributed by atoms with Gasteiger partial charge in [0.1, 0.15) is 5.56 Å². The monoisotopic (exact) mass is 291 g/mol. The van der Waals surface area contributed by atoms with Crippen molar-refractivity contribution in [3.63, 3.8) is 0 Å². The van der Waals surface area contributed by atoms with Gasteiger partial charge in [0.2, 0.25) is 0 Å². The Morgan fingerprint density at radius 1 is 1.40 bits per heavy atom. The normalized spacial score (nSPS) is 12.2. The summed E-state index contributed by atoms with van der Waals surface area (Å²) in [6.45, 7) is 5.55. The molecule has 0 fully saturated rings. The fourth-order valence-corrected chi connectivity index (χ4v) is 2.83. The van der Waals surface area contributed by atoms with E-state index < -0.39 is 5.97 Å². The van der Waals surface area contributed by atoms with Crippen molar-refractivity contribution in [3.8, 4) is 0 Å². The van der Waals surface area contributed by atoms with E-state index in [0.717, 1.165) is 4.88 Å². The minimum absolute atomic E-state index is 0.0458. The molecule has 0 radical (unpaired) electrons. The summed E-state index contributed by atoms with van der Waals surface area (Å²) < 4.78 is 0. The second kappa shape index (κ2) is 5.58. The van der Waals surface area contributed by atoms with Crippen LogP contribution in [0, 0.1) is 13.8 Å². The molecular weight excluding hydrogens is 274 g/mol. The van der Waals surface area contributed by atoms with Crippen molar-refractivity contribution in [2.75, 3.05) is 11.9 Å². The molecule has 2 aromatic heterocycles. The number of rotatable bonds is 4. The van der Waals surface area contributed by atoms with Gasteiger partial charge in [-0.2, -0.15) is 5.10 Å². The first kappa shape index (κ1) is 14.5. The Morgan fingerprint density at radius 3 is 2.65 bits per heavy atom. The van der Waals surface area contributed by atoms with E-state index in [0.29, 0.717) is 17.1 Å². The Labute approximate surface area is 121 Å². The first-order chi connectivity index (χ1) is 9.43. The first-order valence-corrected chi connectivity index (χ1v) is 7.14. The van der Waals surface area contributed by atoms with E-state index in [1.54, 1.807) is 25.2 Å². The summed E-state index contributed by atoms with van der Waals surface area (Å²) in [5.74, 6) is -0.567. The summed E-state index contributed by atoms with van der Waals surface area (Å²) in [4.78, 5) is 14.5. The highest BCUT2D eigenvalue weighted by Crippen LogP contribution is 2.30. The highest BCUT2D eigenvalue weighted by atomic mass is 32.1. The fourth-order valence-electron chi connectivity index (χ4n) is 2.00. The maximum Gasteiger partial charge on any atom is 0.339 e. The Hall–Kier alpha value is -1.95. The van der Waals surface area contributed by atoms with Gasteiger partial charge in [0, 0.05) is 11.9 Å². The molecule has 0 aliphatic carbocycles. The van der Waals surface area contributed by atoms with Crippen LogP contribution in [0.15, 0.2) is 17.5 Å². The molecule has 20 heavy (non-hydrogen) atoms. The highest BCUT2D eigenvalue weighted by Gasteiger charge is 2.24. The number of anilines is 1. The first-order valence-electron chi connectivity index (χ1n) is 6.27. The molecule has 0 amide bonds. The molecule has 0 bridgehead atoms. The second-order valence-corrected chi connectivity index (χ2v) is 5.70. The van der Waals surface area contributed by atoms with Gasteiger partial charge >= 0.3 is 5.97 Å². The Kier molecular flexibility index (Phi) is 4.04. The number of nitrogens with zero attached hydrogens (tertiary/aromatic N) is 3. The van der Waals surface area contributed by atoms with Gasteiger partial charge in [-0.1, -0.05) is 6.07 Å². The summed E-state index contributed by atoms with van der Waals surface area (Å²) in [5, 5.41) is 19.6. The molecule has 2 rings (SSSR count). The Balaban J connectivity index is 2.47. The number of hydrogen-bond donors (Lipinski definition) is 1. The van der Waals surface area contributed by atoms with Crippen molar-refractivity contribution >= 4 is 23.1 Å². The van der Waals surface area contributed by atoms with Crippen molar-refractivity contribution < 1.29 is 9.90 Å². The van der Waals surface area contributed by atoms with Crippen LogP contribution in [0.2, 0.25) is 0 Å². The zero-order chi connectivity index (χ0) is 14.9. The number of aromatic carboxylic acids is 1. The number of hydrogen-bond acceptors (Lipinski definition) is 5. The summed E-state index contributed by atoms with van der Waals surface area (Å²) in [5.41, 5.74) is 1.53. The topological polar surface area (TPSA) is 66.3 Å². The van der Waals surface area contributed by atoms with Crippen LogP contribution < -0.4 is 4.90 Å². The number of aromatic nitrogens is 2. The van der Waals surface area contributed by atoms with E-state index >= 15 is 0 Å². The Bertz CT molecular complexity index is 626. The summed E-state index contributed by atoms with van der Waals surface area (Å²) in [6.07, 6.45) is 0. The SMILES string of the molecule is Cc1nnc(N(C)C(C)c2cccs2)c(C(=O)O)c1C. The molecule has 0 spiro atoms. The predicted molar refractivity (Wildman–Crippen MR) is 79.6 cm³/mol. The molecule has 0 aliphatic rings. The van der Waals surface area contributed by atoms with Crippen LogP contribution in [0.5, 0.6) is 0 Å². The van der Waals surface area contributed by atoms with E-state index in [1.807, 2.05) is 36.4 Å². The van der Waals surface area contributed by atoms with Crippen molar-refractivity contribution in [3.05, 3.63) is 39.2 Å². The van der Waals surface area contributed by atoms with Crippen LogP contribution in [-0.2, 0) is 0 Å². The van der Waals surface area contributed by atoms with Crippen LogP contribution >= 0.6 is 11.3 Å². The van der Waals surface area contributed by atoms with Crippen molar-refractivity contribution in [2.45, 2.75) is 26.8 Å². The van der Waals surface area contributed by atoms with Crippen molar-refractivity contribution in [2.24, 2.45) is 0 Å². The van der Waals surface area contributed by atoms with E-state index in [1.165, 1.54) is 0 Å². The molecular formula is C14H17N3O2S. The number of aryl methyl sites for hydroxylation is 1. The van der Waals surface area contributed by atoms with Crippen LogP contribution in [0.1, 0.15) is 39.5 Å². The molecule has 0 saturated heterocycles. The van der Waals surface area contributed by atoms with Crippen LogP contribution in [-0.4, -0.2) is 28.3 Å². The average molecular weight is 291 g/mol. The number of carboxylic acids is 1. The molecule has 1 atom stereocenters. The predicted octanol–water partition coefficient (Wildman–Crippen LogP) is 3.05. The van der Waals surface area contributed by atoms with Crippen molar-refractivity contribution in [1.29, 1.82) is 0 Å². The third-order valence-corrected chi connectivity index (χ3v) is 4.56. The number of carbonyl (C=O) groups is 1. The lowest BCUT2D eigenvalue weighted by Gasteiger charge is -2.26. The third-order valence-electron chi connectivity index (χ3n) is 3.52. The van der Waals surface area contributed by atoms with E-state index in [2.05, 4.69) is 10.2 Å². The third kappa shape index (κ3) is 2.51. The zero-order valence-corrected chi connectivity index (χ0v) is 12.7. The lowest BCUT2D eigenvalue weighted by molar-refractivity contribution is 0.0696. The maximum absolute atomic E-state index is 11.5. The van der Waals surface area contributed by atoms with Crippen LogP contribution in [0.25, 0.3) is 0 Å². The lowest BCUT2D eigenvalue weighted by atomic mass is 10.1. The molecule has 1 N–H and O–H groups in total. The van der Waals surface area contributed by atoms with Gasteiger partial charge < -0.3 is 10.0 Å². The molecule has 0 saturated carbocycles. The highest BCUT2D eigenvalue weighted by molar-refractivity contribution is 7.10. The molecule has 2 aromatic rings. The smallest absolute Gasteiger partial charge is 0.339 e. The van der Waals surface area contributed by atoms with Gasteiger partial charge in [-0.05, 0) is 37.8 Å². The number of thiophene rings is 1. The standard InChI is InChI=1S/C14H17N3O2S/c1-8-9(2)15-16-13(12(8)14(18)19)17(4)10(3)11-6-5-7-20-11/h5-7,10H,1-4H3,(H,18,19). The molecule has 5 nitrogen and oxygen atoms in total. The Morgan fingerprint density at radius 2 is 2.10 bits per heavy atom. The summed E-state index contributed by atoms with van der Waals surface area (Å²) in [6, 6.07) is 4.06. The minimum Gasteiger partial charge on any atom is -0.478 e. The van der Waals surface area contributed by atoms with Crippen LogP contribution in [0.4, 0.5) is 5.82 Å². The molecule has 1 unspecified atom stereocenters. The van der Waals surface area contributed by atoms with Gasteiger partial charge in [0.05, 0.1) is 11.7 Å². The van der Waals surface area contributed by atoms with Gasteiger partial charge in [-0.3, -0.25) is 0 Å². The molecule has 2 heterocycles. The maximum atomic E-state index is 11.5. The molecule has 106 valence electrons. The van der Waals surface area contributed by atoms with Gasteiger partial charge in [0.15, 0.2) is 5.82 Å². The fraction of sp³-hybridized carbons (Fsp3) is 0.357. The van der Waals surface area contributed by atoms with Crippen molar-refractivity contribution in [1.82, 2.24) is 10.2 Å². The molecule has 0 aliphatic heterocycles. The van der Waals surface area contributed by atoms with Gasteiger partial charge in [0.25, 0.3) is 0 Å². The van der Waals surface area contributed by atoms with Gasteiger partial charge in [-0.25, -0.2) is 4.79 Å². The quantitative estimate of drug-likeness (QED) is 0.937. The molecule has 0 aromatic carbocycles. The average Bonchev–Trinajstić information content (AvgIpc) is 2.93.